The van der Waals surface area contributed by atoms with Crippen molar-refractivity contribution >= 4 is 29.0 Å². The molecule has 1 N–H and O–H groups in total. The molecule has 0 spiro atoms. The van der Waals surface area contributed by atoms with Crippen molar-refractivity contribution in [2.75, 3.05) is 5.32 Å². The first-order valence-corrected chi connectivity index (χ1v) is 8.09. The third-order valence-corrected chi connectivity index (χ3v) is 6.16. The summed E-state index contributed by atoms with van der Waals surface area (Å²) in [7, 11) is 0. The number of anilines is 1. The van der Waals surface area contributed by atoms with Gasteiger partial charge in [-0.05, 0) is 42.4 Å². The van der Waals surface area contributed by atoms with Gasteiger partial charge in [-0.25, -0.2) is 0 Å². The van der Waals surface area contributed by atoms with Crippen molar-refractivity contribution in [3.8, 4) is 0 Å². The lowest BCUT2D eigenvalue weighted by atomic mass is 9.68. The van der Waals surface area contributed by atoms with Crippen LogP contribution in [0.3, 0.4) is 0 Å². The fourth-order valence-electron chi connectivity index (χ4n) is 4.24. The predicted molar refractivity (Wildman–Crippen MR) is 83.6 cm³/mol. The van der Waals surface area contributed by atoms with E-state index in [4.69, 9.17) is 11.6 Å². The molecule has 0 aromatic heterocycles. The Balaban J connectivity index is 1.95. The van der Waals surface area contributed by atoms with E-state index in [0.29, 0.717) is 12.8 Å². The molecule has 0 radical (unpaired) electrons. The van der Waals surface area contributed by atoms with E-state index in [0.717, 1.165) is 24.6 Å². The van der Waals surface area contributed by atoms with Crippen LogP contribution in [0.2, 0.25) is 5.02 Å². The Bertz CT molecular complexity index is 729. The number of ketones is 1. The van der Waals surface area contributed by atoms with Gasteiger partial charge < -0.3 is 5.32 Å². The average molecular weight is 360 g/mol. The standard InChI is InChI=1S/C17H17ClF3NO2/c1-15(2)9-5-6-16(15,13(23)8-9)14(24)22-12-7-10(17(19,20)21)3-4-11(12)18/h3-4,7,9H,5-6,8H2,1-2H3,(H,22,24)/t9-,16+/m0/s1. The summed E-state index contributed by atoms with van der Waals surface area (Å²) in [6, 6.07) is 2.75. The number of fused-ring (bicyclic) bond motifs is 2. The fourth-order valence-corrected chi connectivity index (χ4v) is 4.40. The number of carbonyl (C=O) groups excluding carboxylic acids is 2. The lowest BCUT2D eigenvalue weighted by Gasteiger charge is -2.35. The van der Waals surface area contributed by atoms with Crippen LogP contribution in [0.15, 0.2) is 18.2 Å². The zero-order valence-corrected chi connectivity index (χ0v) is 14.0. The topological polar surface area (TPSA) is 46.2 Å². The molecule has 1 aromatic carbocycles. The minimum absolute atomic E-state index is 0.00514. The molecule has 2 aliphatic carbocycles. The van der Waals surface area contributed by atoms with Crippen LogP contribution in [0.5, 0.6) is 0 Å². The van der Waals surface area contributed by atoms with Crippen LogP contribution in [-0.4, -0.2) is 11.7 Å². The van der Waals surface area contributed by atoms with Gasteiger partial charge in [-0.1, -0.05) is 25.4 Å². The number of halogens is 4. The summed E-state index contributed by atoms with van der Waals surface area (Å²) >= 11 is 5.94. The number of Topliss-reactive ketones (excluding diaryl/α,β-unsaturated/α-hetero) is 1. The second-order valence-electron chi connectivity index (χ2n) is 7.14. The van der Waals surface area contributed by atoms with Crippen molar-refractivity contribution in [2.24, 2.45) is 16.7 Å². The molecule has 0 unspecified atom stereocenters. The Morgan fingerprint density at radius 1 is 1.33 bits per heavy atom. The van der Waals surface area contributed by atoms with Crippen molar-refractivity contribution in [2.45, 2.75) is 39.3 Å². The summed E-state index contributed by atoms with van der Waals surface area (Å²) < 4.78 is 38.6. The number of hydrogen-bond acceptors (Lipinski definition) is 2. The third-order valence-electron chi connectivity index (χ3n) is 5.83. The van der Waals surface area contributed by atoms with Crippen LogP contribution < -0.4 is 5.32 Å². The average Bonchev–Trinajstić information content (AvgIpc) is 2.83. The number of carbonyl (C=O) groups is 2. The molecule has 7 heteroatoms. The number of hydrogen-bond donors (Lipinski definition) is 1. The highest BCUT2D eigenvalue weighted by Gasteiger charge is 2.68. The first-order valence-electron chi connectivity index (χ1n) is 7.71. The van der Waals surface area contributed by atoms with Crippen LogP contribution >= 0.6 is 11.6 Å². The smallest absolute Gasteiger partial charge is 0.324 e. The Hall–Kier alpha value is -1.56. The first kappa shape index (κ1) is 17.3. The molecule has 24 heavy (non-hydrogen) atoms. The molecule has 0 aliphatic heterocycles. The fraction of sp³-hybridized carbons (Fsp3) is 0.529. The molecule has 2 saturated carbocycles. The quantitative estimate of drug-likeness (QED) is 0.778. The van der Waals surface area contributed by atoms with Crippen LogP contribution in [0, 0.1) is 16.7 Å². The number of amides is 1. The van der Waals surface area contributed by atoms with Crippen molar-refractivity contribution in [3.63, 3.8) is 0 Å². The highest BCUT2D eigenvalue weighted by molar-refractivity contribution is 6.34. The molecule has 1 amide bonds. The van der Waals surface area contributed by atoms with Crippen molar-refractivity contribution in [3.05, 3.63) is 28.8 Å². The number of alkyl halides is 3. The Labute approximate surface area is 142 Å². The van der Waals surface area contributed by atoms with Gasteiger partial charge in [0.1, 0.15) is 11.2 Å². The number of benzene rings is 1. The van der Waals surface area contributed by atoms with E-state index in [1.54, 1.807) is 0 Å². The summed E-state index contributed by atoms with van der Waals surface area (Å²) in [6.07, 6.45) is -3.01. The summed E-state index contributed by atoms with van der Waals surface area (Å²) in [6.45, 7) is 3.76. The molecule has 0 saturated heterocycles. The Kier molecular flexibility index (Phi) is 3.75. The Morgan fingerprint density at radius 2 is 2.00 bits per heavy atom. The van der Waals surface area contributed by atoms with Crippen molar-refractivity contribution in [1.29, 1.82) is 0 Å². The van der Waals surface area contributed by atoms with E-state index in [-0.39, 0.29) is 22.4 Å². The number of rotatable bonds is 2. The van der Waals surface area contributed by atoms with Crippen molar-refractivity contribution in [1.82, 2.24) is 0 Å². The molecule has 2 aliphatic rings. The highest BCUT2D eigenvalue weighted by atomic mass is 35.5. The maximum absolute atomic E-state index is 12.9. The predicted octanol–water partition coefficient (Wildman–Crippen LogP) is 4.69. The summed E-state index contributed by atoms with van der Waals surface area (Å²) in [5, 5.41) is 2.48. The summed E-state index contributed by atoms with van der Waals surface area (Å²) in [5.41, 5.74) is -2.72. The van der Waals surface area contributed by atoms with Gasteiger partial charge in [0, 0.05) is 6.42 Å². The highest BCUT2D eigenvalue weighted by Crippen LogP contribution is 2.64. The van der Waals surface area contributed by atoms with E-state index in [2.05, 4.69) is 5.32 Å². The zero-order chi connectivity index (χ0) is 17.9. The summed E-state index contributed by atoms with van der Waals surface area (Å²) in [4.78, 5) is 25.3. The lowest BCUT2D eigenvalue weighted by Crippen LogP contribution is -2.46. The molecule has 2 atom stereocenters. The molecule has 2 fully saturated rings. The SMILES string of the molecule is CC1(C)[C@H]2CC[C@]1(C(=O)Nc1cc(C(F)(F)F)ccc1Cl)C(=O)C2. The van der Waals surface area contributed by atoms with Crippen molar-refractivity contribution < 1.29 is 22.8 Å². The monoisotopic (exact) mass is 359 g/mol. The Morgan fingerprint density at radius 3 is 2.50 bits per heavy atom. The summed E-state index contributed by atoms with van der Waals surface area (Å²) in [5.74, 6) is -0.559. The molecule has 3 rings (SSSR count). The van der Waals surface area contributed by atoms with Gasteiger partial charge in [0.2, 0.25) is 5.91 Å². The van der Waals surface area contributed by atoms with Gasteiger partial charge in [-0.15, -0.1) is 0 Å². The molecule has 1 aromatic rings. The largest absolute Gasteiger partial charge is 0.416 e. The first-order chi connectivity index (χ1) is 11.0. The minimum atomic E-state index is -4.54. The van der Waals surface area contributed by atoms with Gasteiger partial charge in [0.25, 0.3) is 0 Å². The molecular weight excluding hydrogens is 343 g/mol. The van der Waals surface area contributed by atoms with Gasteiger partial charge in [-0.3, -0.25) is 9.59 Å². The normalized spacial score (nSPS) is 28.2. The maximum atomic E-state index is 12.9. The van der Waals surface area contributed by atoms with Crippen LogP contribution in [-0.2, 0) is 15.8 Å². The van der Waals surface area contributed by atoms with Crippen LogP contribution in [0.1, 0.15) is 38.7 Å². The van der Waals surface area contributed by atoms with Crippen LogP contribution in [0.4, 0.5) is 18.9 Å². The van der Waals surface area contributed by atoms with Gasteiger partial charge >= 0.3 is 6.18 Å². The molecule has 2 bridgehead atoms. The van der Waals surface area contributed by atoms with E-state index in [9.17, 15) is 22.8 Å². The third kappa shape index (κ3) is 2.26. The number of nitrogens with one attached hydrogen (secondary N) is 1. The molecule has 0 heterocycles. The van der Waals surface area contributed by atoms with Gasteiger partial charge in [-0.2, -0.15) is 13.2 Å². The van der Waals surface area contributed by atoms with Crippen LogP contribution in [0.25, 0.3) is 0 Å². The molecular formula is C17H17ClF3NO2. The maximum Gasteiger partial charge on any atom is 0.416 e. The van der Waals surface area contributed by atoms with E-state index in [1.807, 2.05) is 13.8 Å². The van der Waals surface area contributed by atoms with E-state index >= 15 is 0 Å². The molecule has 3 nitrogen and oxygen atoms in total. The van der Waals surface area contributed by atoms with E-state index in [1.165, 1.54) is 0 Å². The second-order valence-corrected chi connectivity index (χ2v) is 7.54. The second kappa shape index (κ2) is 5.22. The molecule has 130 valence electrons. The van der Waals surface area contributed by atoms with Gasteiger partial charge in [0.05, 0.1) is 16.3 Å². The minimum Gasteiger partial charge on any atom is -0.324 e. The lowest BCUT2D eigenvalue weighted by molar-refractivity contribution is -0.141. The zero-order valence-electron chi connectivity index (χ0n) is 13.3. The van der Waals surface area contributed by atoms with E-state index < -0.39 is 28.5 Å². The van der Waals surface area contributed by atoms with Gasteiger partial charge in [0.15, 0.2) is 0 Å².